The standard InChI is InChI=1S/C19H15BrClF2N3O3/c20-14-5-11(6-15-16(14)26-8-13(27)9-29-18(26)25-15)17(28)24-12-3-1-10(2-4-12)7-19(21,22)23/h1-6,13,27H,7-9H2,(H,24,28)/t13-/m0/s1. The van der Waals surface area contributed by atoms with E-state index in [1.54, 1.807) is 16.7 Å². The van der Waals surface area contributed by atoms with E-state index >= 15 is 0 Å². The van der Waals surface area contributed by atoms with Gasteiger partial charge in [-0.2, -0.15) is 13.8 Å². The number of aromatic nitrogens is 2. The molecule has 0 saturated heterocycles. The van der Waals surface area contributed by atoms with Crippen LogP contribution in [0.2, 0.25) is 0 Å². The maximum atomic E-state index is 12.9. The molecule has 152 valence electrons. The van der Waals surface area contributed by atoms with Crippen molar-refractivity contribution in [2.75, 3.05) is 11.9 Å². The summed E-state index contributed by atoms with van der Waals surface area (Å²) in [5.74, 6) is -0.380. The highest BCUT2D eigenvalue weighted by atomic mass is 79.9. The van der Waals surface area contributed by atoms with Crippen LogP contribution < -0.4 is 10.1 Å². The molecule has 0 radical (unpaired) electrons. The Morgan fingerprint density at radius 1 is 1.38 bits per heavy atom. The highest BCUT2D eigenvalue weighted by Gasteiger charge is 2.25. The molecule has 0 aliphatic carbocycles. The zero-order chi connectivity index (χ0) is 20.8. The van der Waals surface area contributed by atoms with Gasteiger partial charge in [0.1, 0.15) is 12.7 Å². The maximum Gasteiger partial charge on any atom is 0.325 e. The van der Waals surface area contributed by atoms with Crippen LogP contribution in [0.3, 0.4) is 0 Å². The molecule has 2 heterocycles. The summed E-state index contributed by atoms with van der Waals surface area (Å²) in [6, 6.07) is 9.70. The molecule has 1 aromatic heterocycles. The lowest BCUT2D eigenvalue weighted by atomic mass is 10.1. The molecule has 2 N–H and O–H groups in total. The molecule has 0 fully saturated rings. The predicted octanol–water partition coefficient (Wildman–Crippen LogP) is 4.18. The van der Waals surface area contributed by atoms with E-state index in [1.165, 1.54) is 24.3 Å². The Hall–Kier alpha value is -2.23. The number of fused-ring (bicyclic) bond motifs is 3. The first-order chi connectivity index (χ1) is 13.7. The number of ether oxygens (including phenoxy) is 1. The number of anilines is 1. The van der Waals surface area contributed by atoms with Crippen LogP contribution in [0, 0.1) is 0 Å². The zero-order valence-electron chi connectivity index (χ0n) is 14.8. The molecule has 6 nitrogen and oxygen atoms in total. The molecule has 1 amide bonds. The molecule has 0 saturated carbocycles. The van der Waals surface area contributed by atoms with E-state index in [0.717, 1.165) is 5.52 Å². The molecule has 1 aliphatic heterocycles. The fourth-order valence-corrected chi connectivity index (χ4v) is 4.00. The van der Waals surface area contributed by atoms with Crippen LogP contribution in [-0.4, -0.2) is 38.7 Å². The van der Waals surface area contributed by atoms with Crippen LogP contribution in [0.4, 0.5) is 14.5 Å². The van der Waals surface area contributed by atoms with Crippen molar-refractivity contribution in [2.24, 2.45) is 0 Å². The number of alkyl halides is 3. The minimum atomic E-state index is -3.31. The summed E-state index contributed by atoms with van der Waals surface area (Å²) in [6.45, 7) is 0.517. The zero-order valence-corrected chi connectivity index (χ0v) is 17.2. The normalized spacial score (nSPS) is 16.4. The second kappa shape index (κ2) is 7.55. The van der Waals surface area contributed by atoms with Gasteiger partial charge in [0.05, 0.1) is 24.0 Å². The van der Waals surface area contributed by atoms with Gasteiger partial charge in [-0.1, -0.05) is 12.1 Å². The number of benzene rings is 2. The van der Waals surface area contributed by atoms with Crippen LogP contribution in [0.25, 0.3) is 11.0 Å². The van der Waals surface area contributed by atoms with Crippen LogP contribution in [0.15, 0.2) is 40.9 Å². The number of rotatable bonds is 4. The largest absolute Gasteiger partial charge is 0.462 e. The van der Waals surface area contributed by atoms with Crippen LogP contribution in [0.1, 0.15) is 15.9 Å². The number of carbonyl (C=O) groups is 1. The van der Waals surface area contributed by atoms with Crippen molar-refractivity contribution in [1.29, 1.82) is 0 Å². The Kier molecular flexibility index (Phi) is 5.22. The average Bonchev–Trinajstić information content (AvgIpc) is 3.00. The Labute approximate surface area is 177 Å². The lowest BCUT2D eigenvalue weighted by Gasteiger charge is -2.20. The molecule has 0 spiro atoms. The van der Waals surface area contributed by atoms with Gasteiger partial charge in [-0.25, -0.2) is 0 Å². The number of nitrogens with zero attached hydrogens (tertiary/aromatic N) is 2. The van der Waals surface area contributed by atoms with E-state index in [-0.39, 0.29) is 12.5 Å². The monoisotopic (exact) mass is 485 g/mol. The number of hydrogen-bond donors (Lipinski definition) is 2. The molecule has 1 atom stereocenters. The number of aliphatic hydroxyl groups excluding tert-OH is 1. The van der Waals surface area contributed by atoms with Crippen molar-refractivity contribution >= 4 is 50.2 Å². The lowest BCUT2D eigenvalue weighted by Crippen LogP contribution is -2.29. The predicted molar refractivity (Wildman–Crippen MR) is 108 cm³/mol. The van der Waals surface area contributed by atoms with Gasteiger partial charge in [-0.3, -0.25) is 9.36 Å². The SMILES string of the molecule is O=C(Nc1ccc(CC(F)(F)Cl)cc1)c1cc(Br)c2c(c1)nc1n2C[C@H](O)CO1. The fourth-order valence-electron chi connectivity index (χ4n) is 3.18. The quantitative estimate of drug-likeness (QED) is 0.543. The highest BCUT2D eigenvalue weighted by Crippen LogP contribution is 2.32. The summed E-state index contributed by atoms with van der Waals surface area (Å²) in [6.07, 6.45) is -1.22. The van der Waals surface area contributed by atoms with Gasteiger partial charge in [0.25, 0.3) is 11.9 Å². The smallest absolute Gasteiger partial charge is 0.325 e. The Balaban J connectivity index is 1.56. The minimum absolute atomic E-state index is 0.167. The topological polar surface area (TPSA) is 76.4 Å². The van der Waals surface area contributed by atoms with Gasteiger partial charge in [0, 0.05) is 15.7 Å². The van der Waals surface area contributed by atoms with E-state index in [0.29, 0.717) is 39.4 Å². The molecule has 2 aromatic carbocycles. The first kappa shape index (κ1) is 20.1. The van der Waals surface area contributed by atoms with E-state index in [1.807, 2.05) is 0 Å². The third-order valence-corrected chi connectivity index (χ3v) is 5.18. The first-order valence-corrected chi connectivity index (χ1v) is 9.84. The molecule has 29 heavy (non-hydrogen) atoms. The van der Waals surface area contributed by atoms with Gasteiger partial charge in [0.15, 0.2) is 0 Å². The van der Waals surface area contributed by atoms with Gasteiger partial charge in [-0.05, 0) is 57.4 Å². The summed E-state index contributed by atoms with van der Waals surface area (Å²) in [4.78, 5) is 17.0. The van der Waals surface area contributed by atoms with Crippen LogP contribution >= 0.6 is 27.5 Å². The fraction of sp³-hybridized carbons (Fsp3) is 0.263. The molecule has 1 aliphatic rings. The summed E-state index contributed by atoms with van der Waals surface area (Å²) in [5, 5.41) is 9.22. The Bertz CT molecular complexity index is 1080. The second-order valence-corrected chi connectivity index (χ2v) is 8.15. The van der Waals surface area contributed by atoms with Crippen molar-refractivity contribution in [1.82, 2.24) is 9.55 Å². The van der Waals surface area contributed by atoms with E-state index in [2.05, 4.69) is 26.2 Å². The van der Waals surface area contributed by atoms with E-state index in [4.69, 9.17) is 16.3 Å². The van der Waals surface area contributed by atoms with Crippen molar-refractivity contribution < 1.29 is 23.4 Å². The number of aliphatic hydroxyl groups is 1. The summed E-state index contributed by atoms with van der Waals surface area (Å²) < 4.78 is 33.6. The number of halogens is 4. The number of nitrogens with one attached hydrogen (secondary N) is 1. The van der Waals surface area contributed by atoms with Crippen molar-refractivity contribution in [3.63, 3.8) is 0 Å². The first-order valence-electron chi connectivity index (χ1n) is 8.67. The molecule has 10 heteroatoms. The number of hydrogen-bond acceptors (Lipinski definition) is 4. The highest BCUT2D eigenvalue weighted by molar-refractivity contribution is 9.10. The minimum Gasteiger partial charge on any atom is -0.462 e. The van der Waals surface area contributed by atoms with Gasteiger partial charge in [0.2, 0.25) is 0 Å². The third-order valence-electron chi connectivity index (χ3n) is 4.44. The van der Waals surface area contributed by atoms with Gasteiger partial charge in [-0.15, -0.1) is 0 Å². The van der Waals surface area contributed by atoms with E-state index in [9.17, 15) is 18.7 Å². The maximum absolute atomic E-state index is 12.9. The molecule has 0 bridgehead atoms. The Morgan fingerprint density at radius 2 is 2.10 bits per heavy atom. The summed E-state index contributed by atoms with van der Waals surface area (Å²) >= 11 is 8.40. The number of carbonyl (C=O) groups excluding carboxylic acids is 1. The number of imidazole rings is 1. The molecular weight excluding hydrogens is 472 g/mol. The summed E-state index contributed by atoms with van der Waals surface area (Å²) in [5.41, 5.74) is 2.45. The van der Waals surface area contributed by atoms with Gasteiger partial charge >= 0.3 is 5.38 Å². The second-order valence-electron chi connectivity index (χ2n) is 6.74. The number of amides is 1. The lowest BCUT2D eigenvalue weighted by molar-refractivity contribution is 0.0596. The molecule has 4 rings (SSSR count). The third kappa shape index (κ3) is 4.36. The van der Waals surface area contributed by atoms with Crippen molar-refractivity contribution in [3.05, 3.63) is 52.0 Å². The van der Waals surface area contributed by atoms with E-state index < -0.39 is 17.9 Å². The average molecular weight is 487 g/mol. The molecular formula is C19H15BrClF2N3O3. The molecule has 3 aromatic rings. The molecule has 0 unspecified atom stereocenters. The van der Waals surface area contributed by atoms with Gasteiger partial charge < -0.3 is 15.2 Å². The Morgan fingerprint density at radius 3 is 2.79 bits per heavy atom. The van der Waals surface area contributed by atoms with Crippen molar-refractivity contribution in [2.45, 2.75) is 24.5 Å². The summed E-state index contributed by atoms with van der Waals surface area (Å²) in [7, 11) is 0. The van der Waals surface area contributed by atoms with Crippen LogP contribution in [-0.2, 0) is 13.0 Å². The van der Waals surface area contributed by atoms with Crippen molar-refractivity contribution in [3.8, 4) is 6.01 Å². The van der Waals surface area contributed by atoms with Crippen LogP contribution in [0.5, 0.6) is 6.01 Å².